The van der Waals surface area contributed by atoms with E-state index < -0.39 is 0 Å². The lowest BCUT2D eigenvalue weighted by atomic mass is 10.1. The molecule has 2 N–H and O–H groups in total. The van der Waals surface area contributed by atoms with E-state index in [0.717, 1.165) is 37.4 Å². The molecule has 0 aliphatic carbocycles. The van der Waals surface area contributed by atoms with Crippen LogP contribution in [0.2, 0.25) is 0 Å². The number of anilines is 1. The molecule has 0 bridgehead atoms. The van der Waals surface area contributed by atoms with E-state index >= 15 is 0 Å². The Morgan fingerprint density at radius 2 is 1.70 bits per heavy atom. The molecule has 27 heavy (non-hydrogen) atoms. The summed E-state index contributed by atoms with van der Waals surface area (Å²) in [6, 6.07) is 13.0. The number of halogens is 2. The number of aliphatic imine (C=N–C) groups is 1. The minimum Gasteiger partial charge on any atom is -0.372 e. The molecule has 0 aromatic heterocycles. The fourth-order valence-electron chi connectivity index (χ4n) is 3.44. The van der Waals surface area contributed by atoms with Crippen LogP contribution in [-0.2, 0) is 24.5 Å². The van der Waals surface area contributed by atoms with Crippen LogP contribution in [0.3, 0.4) is 0 Å². The second-order valence-corrected chi connectivity index (χ2v) is 6.72. The van der Waals surface area contributed by atoms with Crippen LogP contribution in [0.5, 0.6) is 0 Å². The highest BCUT2D eigenvalue weighted by molar-refractivity contribution is 14.0. The van der Waals surface area contributed by atoms with Gasteiger partial charge in [-0.1, -0.05) is 18.2 Å². The molecule has 4 rings (SSSR count). The summed E-state index contributed by atoms with van der Waals surface area (Å²) < 4.78 is 18.5. The van der Waals surface area contributed by atoms with Gasteiger partial charge in [0, 0.05) is 31.9 Å². The number of ether oxygens (including phenoxy) is 1. The Balaban J connectivity index is 0.00000210. The van der Waals surface area contributed by atoms with E-state index in [-0.39, 0.29) is 29.8 Å². The Hall–Kier alpha value is -1.87. The molecule has 0 saturated carbocycles. The smallest absolute Gasteiger partial charge is 0.191 e. The van der Waals surface area contributed by atoms with Gasteiger partial charge in [-0.25, -0.2) is 9.38 Å². The van der Waals surface area contributed by atoms with Crippen molar-refractivity contribution >= 4 is 35.6 Å². The van der Waals surface area contributed by atoms with Gasteiger partial charge in [-0.15, -0.1) is 24.0 Å². The van der Waals surface area contributed by atoms with Gasteiger partial charge < -0.3 is 20.3 Å². The summed E-state index contributed by atoms with van der Waals surface area (Å²) >= 11 is 0. The number of benzene rings is 2. The first-order chi connectivity index (χ1) is 12.7. The molecule has 2 aromatic rings. The molecule has 0 atom stereocenters. The van der Waals surface area contributed by atoms with Gasteiger partial charge in [-0.3, -0.25) is 0 Å². The quantitative estimate of drug-likeness (QED) is 0.415. The minimum atomic E-state index is -0.207. The van der Waals surface area contributed by atoms with Crippen LogP contribution in [-0.4, -0.2) is 37.0 Å². The van der Waals surface area contributed by atoms with Crippen molar-refractivity contribution in [1.82, 2.24) is 4.90 Å². The Morgan fingerprint density at radius 3 is 2.44 bits per heavy atom. The van der Waals surface area contributed by atoms with Gasteiger partial charge >= 0.3 is 0 Å². The first-order valence-electron chi connectivity index (χ1n) is 8.93. The Labute approximate surface area is 176 Å². The molecule has 1 saturated heterocycles. The maximum atomic E-state index is 13.1. The zero-order valence-electron chi connectivity index (χ0n) is 15.1. The molecular weight excluding hydrogens is 458 g/mol. The highest BCUT2D eigenvalue weighted by Gasteiger charge is 2.18. The van der Waals surface area contributed by atoms with E-state index in [9.17, 15) is 4.39 Å². The molecule has 2 aliphatic heterocycles. The second kappa shape index (κ2) is 8.88. The number of nitrogens with zero attached hydrogens (tertiary/aromatic N) is 3. The van der Waals surface area contributed by atoms with Crippen molar-refractivity contribution in [3.8, 4) is 0 Å². The molecule has 5 nitrogen and oxygen atoms in total. The van der Waals surface area contributed by atoms with Crippen LogP contribution in [0.15, 0.2) is 47.5 Å². The van der Waals surface area contributed by atoms with Crippen molar-refractivity contribution in [2.75, 3.05) is 31.1 Å². The standard InChI is InChI=1S/C20H23FN4O.HI/c21-18-3-5-19(6-4-18)24-7-9-25(10-8-24)20(22)23-12-15-1-2-16-13-26-14-17(16)11-15;/h1-6,11H,7-10,12-14H2,(H2,22,23);1H. The Kier molecular flexibility index (Phi) is 6.54. The molecule has 0 amide bonds. The van der Waals surface area contributed by atoms with Crippen LogP contribution in [0, 0.1) is 5.82 Å². The third-order valence-corrected chi connectivity index (χ3v) is 5.00. The highest BCUT2D eigenvalue weighted by Crippen LogP contribution is 2.21. The highest BCUT2D eigenvalue weighted by atomic mass is 127. The van der Waals surface area contributed by atoms with Crippen molar-refractivity contribution < 1.29 is 9.13 Å². The molecule has 144 valence electrons. The third-order valence-electron chi connectivity index (χ3n) is 5.00. The van der Waals surface area contributed by atoms with E-state index in [4.69, 9.17) is 10.5 Å². The first-order valence-corrected chi connectivity index (χ1v) is 8.93. The zero-order chi connectivity index (χ0) is 17.9. The molecule has 1 fully saturated rings. The van der Waals surface area contributed by atoms with Gasteiger partial charge in [0.1, 0.15) is 5.82 Å². The lowest BCUT2D eigenvalue weighted by Crippen LogP contribution is -2.51. The van der Waals surface area contributed by atoms with E-state index in [1.807, 2.05) is 12.1 Å². The van der Waals surface area contributed by atoms with E-state index in [0.29, 0.717) is 25.7 Å². The summed E-state index contributed by atoms with van der Waals surface area (Å²) in [5.74, 6) is 0.377. The largest absolute Gasteiger partial charge is 0.372 e. The van der Waals surface area contributed by atoms with E-state index in [1.165, 1.54) is 23.3 Å². The maximum absolute atomic E-state index is 13.1. The van der Waals surface area contributed by atoms with Crippen LogP contribution in [0.25, 0.3) is 0 Å². The predicted octanol–water partition coefficient (Wildman–Crippen LogP) is 3.11. The number of hydrogen-bond acceptors (Lipinski definition) is 3. The fraction of sp³-hybridized carbons (Fsp3) is 0.350. The summed E-state index contributed by atoms with van der Waals surface area (Å²) in [6.45, 7) is 5.29. The van der Waals surface area contributed by atoms with Gasteiger partial charge in [0.05, 0.1) is 19.8 Å². The monoisotopic (exact) mass is 482 g/mol. The van der Waals surface area contributed by atoms with Gasteiger partial charge in [0.2, 0.25) is 0 Å². The van der Waals surface area contributed by atoms with Crippen molar-refractivity contribution in [3.63, 3.8) is 0 Å². The van der Waals surface area contributed by atoms with Crippen LogP contribution in [0.1, 0.15) is 16.7 Å². The van der Waals surface area contributed by atoms with Gasteiger partial charge in [0.25, 0.3) is 0 Å². The SMILES string of the molecule is I.NC(=NCc1ccc2c(c1)COC2)N1CCN(c2ccc(F)cc2)CC1. The summed E-state index contributed by atoms with van der Waals surface area (Å²) in [5.41, 5.74) is 10.9. The predicted molar refractivity (Wildman–Crippen MR) is 116 cm³/mol. The summed E-state index contributed by atoms with van der Waals surface area (Å²) in [6.07, 6.45) is 0. The average Bonchev–Trinajstić information content (AvgIpc) is 3.15. The molecule has 2 aliphatic rings. The number of rotatable bonds is 3. The average molecular weight is 482 g/mol. The maximum Gasteiger partial charge on any atom is 0.191 e. The van der Waals surface area contributed by atoms with Crippen molar-refractivity contribution in [2.45, 2.75) is 19.8 Å². The van der Waals surface area contributed by atoms with Gasteiger partial charge in [-0.05, 0) is 41.0 Å². The van der Waals surface area contributed by atoms with E-state index in [2.05, 4.69) is 33.0 Å². The second-order valence-electron chi connectivity index (χ2n) is 6.72. The molecule has 0 spiro atoms. The Bertz CT molecular complexity index is 804. The summed E-state index contributed by atoms with van der Waals surface area (Å²) in [4.78, 5) is 8.91. The zero-order valence-corrected chi connectivity index (χ0v) is 17.4. The van der Waals surface area contributed by atoms with Crippen LogP contribution >= 0.6 is 24.0 Å². The normalized spacial score (nSPS) is 16.9. The molecule has 0 unspecified atom stereocenters. The van der Waals surface area contributed by atoms with Crippen molar-refractivity contribution in [1.29, 1.82) is 0 Å². The first kappa shape index (κ1) is 19.9. The van der Waals surface area contributed by atoms with Crippen molar-refractivity contribution in [3.05, 3.63) is 65.0 Å². The summed E-state index contributed by atoms with van der Waals surface area (Å²) in [5, 5.41) is 0. The number of guanidine groups is 1. The molecular formula is C20H24FIN4O. The minimum absolute atomic E-state index is 0. The molecule has 2 heterocycles. The molecule has 0 radical (unpaired) electrons. The fourth-order valence-corrected chi connectivity index (χ4v) is 3.44. The summed E-state index contributed by atoms with van der Waals surface area (Å²) in [7, 11) is 0. The lowest BCUT2D eigenvalue weighted by Gasteiger charge is -2.36. The Morgan fingerprint density at radius 1 is 1.00 bits per heavy atom. The third kappa shape index (κ3) is 4.70. The molecule has 2 aromatic carbocycles. The topological polar surface area (TPSA) is 54.1 Å². The number of fused-ring (bicyclic) bond motifs is 1. The van der Waals surface area contributed by atoms with Crippen LogP contribution in [0.4, 0.5) is 10.1 Å². The number of piperazine rings is 1. The van der Waals surface area contributed by atoms with Gasteiger partial charge in [-0.2, -0.15) is 0 Å². The number of nitrogens with two attached hydrogens (primary N) is 1. The van der Waals surface area contributed by atoms with E-state index in [1.54, 1.807) is 0 Å². The molecule has 7 heteroatoms. The van der Waals surface area contributed by atoms with Crippen molar-refractivity contribution in [2.24, 2.45) is 10.7 Å². The van der Waals surface area contributed by atoms with Crippen LogP contribution < -0.4 is 10.6 Å². The number of hydrogen-bond donors (Lipinski definition) is 1. The van der Waals surface area contributed by atoms with Gasteiger partial charge in [0.15, 0.2) is 5.96 Å². The lowest BCUT2D eigenvalue weighted by molar-refractivity contribution is 0.134.